The molecular formula is C16H24N2O5. The Balaban J connectivity index is 1.91. The van der Waals surface area contributed by atoms with E-state index in [1.54, 1.807) is 18.2 Å². The molecule has 0 radical (unpaired) electrons. The van der Waals surface area contributed by atoms with Gasteiger partial charge >= 0.3 is 0 Å². The fourth-order valence-corrected chi connectivity index (χ4v) is 2.52. The first kappa shape index (κ1) is 17.5. The summed E-state index contributed by atoms with van der Waals surface area (Å²) in [5.74, 6) is 0.930. The van der Waals surface area contributed by atoms with Gasteiger partial charge in [0.1, 0.15) is 17.6 Å². The second-order valence-corrected chi connectivity index (χ2v) is 5.47. The van der Waals surface area contributed by atoms with Crippen LogP contribution in [0.5, 0.6) is 11.5 Å². The van der Waals surface area contributed by atoms with E-state index in [1.807, 2.05) is 0 Å². The van der Waals surface area contributed by atoms with E-state index in [0.29, 0.717) is 30.0 Å². The lowest BCUT2D eigenvalue weighted by Crippen LogP contribution is -2.37. The first-order chi connectivity index (χ1) is 11.1. The summed E-state index contributed by atoms with van der Waals surface area (Å²) in [4.78, 5) is 12.1. The Labute approximate surface area is 135 Å². The lowest BCUT2D eigenvalue weighted by atomic mass is 10.1. The number of benzene rings is 1. The zero-order chi connectivity index (χ0) is 16.8. The number of nitrogens with one attached hydrogen (secondary N) is 1. The first-order valence-electron chi connectivity index (χ1n) is 7.61. The molecule has 1 aliphatic rings. The lowest BCUT2D eigenvalue weighted by molar-refractivity contribution is -0.132. The Hall–Kier alpha value is -1.83. The minimum absolute atomic E-state index is 0.0571. The van der Waals surface area contributed by atoms with E-state index in [1.165, 1.54) is 14.2 Å². The van der Waals surface area contributed by atoms with Crippen molar-refractivity contribution in [3.05, 3.63) is 23.8 Å². The summed E-state index contributed by atoms with van der Waals surface area (Å²) in [6, 6.07) is 5.12. The highest BCUT2D eigenvalue weighted by Crippen LogP contribution is 2.26. The molecule has 7 heteroatoms. The first-order valence-corrected chi connectivity index (χ1v) is 7.61. The van der Waals surface area contributed by atoms with Crippen molar-refractivity contribution in [1.29, 1.82) is 0 Å². The third kappa shape index (κ3) is 4.57. The zero-order valence-corrected chi connectivity index (χ0v) is 13.5. The van der Waals surface area contributed by atoms with E-state index >= 15 is 0 Å². The highest BCUT2D eigenvalue weighted by atomic mass is 16.5. The number of aliphatic hydroxyl groups excluding tert-OH is 1. The standard InChI is InChI=1S/C16H24N2O5/c1-21-12-5-10(6-13(7-12)22-2)14(19)9-18-16(20)15-4-3-11(8-17)23-15/h5-7,11,14-15,19H,3-4,8-9,17H2,1-2H3,(H,18,20)/t11-,14?,15+/m1/s1. The van der Waals surface area contributed by atoms with Crippen molar-refractivity contribution in [1.82, 2.24) is 5.32 Å². The monoisotopic (exact) mass is 324 g/mol. The van der Waals surface area contributed by atoms with E-state index in [0.717, 1.165) is 6.42 Å². The third-order valence-electron chi connectivity index (χ3n) is 3.89. The maximum absolute atomic E-state index is 12.1. The highest BCUT2D eigenvalue weighted by molar-refractivity contribution is 5.81. The third-order valence-corrected chi connectivity index (χ3v) is 3.89. The summed E-state index contributed by atoms with van der Waals surface area (Å²) >= 11 is 0. The average molecular weight is 324 g/mol. The maximum atomic E-state index is 12.1. The molecule has 0 spiro atoms. The van der Waals surface area contributed by atoms with Gasteiger partial charge in [-0.25, -0.2) is 0 Å². The SMILES string of the molecule is COc1cc(OC)cc(C(O)CNC(=O)[C@@H]2CC[C@H](CN)O2)c1. The summed E-state index contributed by atoms with van der Waals surface area (Å²) < 4.78 is 15.9. The number of carbonyl (C=O) groups excluding carboxylic acids is 1. The smallest absolute Gasteiger partial charge is 0.249 e. The van der Waals surface area contributed by atoms with Gasteiger partial charge < -0.3 is 30.4 Å². The van der Waals surface area contributed by atoms with Gasteiger partial charge in [-0.2, -0.15) is 0 Å². The number of nitrogens with two attached hydrogens (primary N) is 1. The van der Waals surface area contributed by atoms with Crippen molar-refractivity contribution in [2.45, 2.75) is 31.2 Å². The van der Waals surface area contributed by atoms with Crippen molar-refractivity contribution in [3.8, 4) is 11.5 Å². The molecule has 2 rings (SSSR count). The fraction of sp³-hybridized carbons (Fsp3) is 0.562. The predicted octanol–water partition coefficient (Wildman–Crippen LogP) is 0.360. The van der Waals surface area contributed by atoms with Gasteiger partial charge in [-0.3, -0.25) is 4.79 Å². The van der Waals surface area contributed by atoms with Crippen LogP contribution in [0.3, 0.4) is 0 Å². The Bertz CT molecular complexity index is 515. The second kappa shape index (κ2) is 8.14. The predicted molar refractivity (Wildman–Crippen MR) is 84.5 cm³/mol. The molecular weight excluding hydrogens is 300 g/mol. The topological polar surface area (TPSA) is 103 Å². The van der Waals surface area contributed by atoms with Crippen LogP contribution in [0, 0.1) is 0 Å². The van der Waals surface area contributed by atoms with Gasteiger partial charge in [0.25, 0.3) is 0 Å². The van der Waals surface area contributed by atoms with Crippen LogP contribution in [-0.4, -0.2) is 50.5 Å². The lowest BCUT2D eigenvalue weighted by Gasteiger charge is -2.17. The van der Waals surface area contributed by atoms with Crippen LogP contribution < -0.4 is 20.5 Å². The van der Waals surface area contributed by atoms with Crippen molar-refractivity contribution in [2.75, 3.05) is 27.3 Å². The Morgan fingerprint density at radius 2 is 2.00 bits per heavy atom. The summed E-state index contributed by atoms with van der Waals surface area (Å²) in [5.41, 5.74) is 6.13. The van der Waals surface area contributed by atoms with E-state index in [4.69, 9.17) is 19.9 Å². The molecule has 3 atom stereocenters. The Kier molecular flexibility index (Phi) is 6.20. The number of methoxy groups -OCH3 is 2. The van der Waals surface area contributed by atoms with Crippen LogP contribution in [0.1, 0.15) is 24.5 Å². The number of rotatable bonds is 7. The molecule has 23 heavy (non-hydrogen) atoms. The van der Waals surface area contributed by atoms with Gasteiger partial charge in [0.2, 0.25) is 5.91 Å². The van der Waals surface area contributed by atoms with E-state index in [-0.39, 0.29) is 18.6 Å². The highest BCUT2D eigenvalue weighted by Gasteiger charge is 2.30. The quantitative estimate of drug-likeness (QED) is 0.669. The van der Waals surface area contributed by atoms with Crippen LogP contribution in [0.2, 0.25) is 0 Å². The normalized spacial score (nSPS) is 21.7. The van der Waals surface area contributed by atoms with Gasteiger partial charge in [0.05, 0.1) is 26.4 Å². The minimum atomic E-state index is -0.866. The number of aliphatic hydroxyl groups is 1. The summed E-state index contributed by atoms with van der Waals surface area (Å²) in [6.07, 6.45) is 0.0182. The molecule has 1 aliphatic heterocycles. The molecule has 128 valence electrons. The van der Waals surface area contributed by atoms with Crippen molar-refractivity contribution in [3.63, 3.8) is 0 Å². The van der Waals surface area contributed by atoms with Gasteiger partial charge in [0, 0.05) is 19.2 Å². The van der Waals surface area contributed by atoms with Gasteiger partial charge in [-0.15, -0.1) is 0 Å². The number of amides is 1. The van der Waals surface area contributed by atoms with Gasteiger partial charge in [0.15, 0.2) is 0 Å². The average Bonchev–Trinajstić information content (AvgIpc) is 3.08. The molecule has 1 unspecified atom stereocenters. The molecule has 1 aromatic rings. The summed E-state index contributed by atoms with van der Waals surface area (Å²) in [5, 5.41) is 13.0. The number of hydrogen-bond acceptors (Lipinski definition) is 6. The summed E-state index contributed by atoms with van der Waals surface area (Å²) in [7, 11) is 3.08. The van der Waals surface area contributed by atoms with Gasteiger partial charge in [-0.1, -0.05) is 0 Å². The Morgan fingerprint density at radius 3 is 2.52 bits per heavy atom. The van der Waals surface area contributed by atoms with E-state index in [9.17, 15) is 9.90 Å². The van der Waals surface area contributed by atoms with Crippen LogP contribution in [0.15, 0.2) is 18.2 Å². The Morgan fingerprint density at radius 1 is 1.35 bits per heavy atom. The molecule has 1 saturated heterocycles. The molecule has 0 bridgehead atoms. The number of carbonyl (C=O) groups is 1. The largest absolute Gasteiger partial charge is 0.497 e. The number of ether oxygens (including phenoxy) is 3. The maximum Gasteiger partial charge on any atom is 0.249 e. The second-order valence-electron chi connectivity index (χ2n) is 5.47. The van der Waals surface area contributed by atoms with Crippen molar-refractivity contribution >= 4 is 5.91 Å². The summed E-state index contributed by atoms with van der Waals surface area (Å²) in [6.45, 7) is 0.498. The molecule has 0 aliphatic carbocycles. The molecule has 0 aromatic heterocycles. The molecule has 1 heterocycles. The van der Waals surface area contributed by atoms with Crippen molar-refractivity contribution < 1.29 is 24.1 Å². The van der Waals surface area contributed by atoms with Gasteiger partial charge in [-0.05, 0) is 30.5 Å². The van der Waals surface area contributed by atoms with Crippen LogP contribution >= 0.6 is 0 Å². The molecule has 1 aromatic carbocycles. The van der Waals surface area contributed by atoms with E-state index in [2.05, 4.69) is 5.32 Å². The molecule has 1 fully saturated rings. The van der Waals surface area contributed by atoms with Crippen LogP contribution in [-0.2, 0) is 9.53 Å². The molecule has 0 saturated carbocycles. The molecule has 4 N–H and O–H groups in total. The molecule has 1 amide bonds. The van der Waals surface area contributed by atoms with E-state index < -0.39 is 12.2 Å². The fourth-order valence-electron chi connectivity index (χ4n) is 2.52. The molecule has 7 nitrogen and oxygen atoms in total. The van der Waals surface area contributed by atoms with Crippen LogP contribution in [0.25, 0.3) is 0 Å². The minimum Gasteiger partial charge on any atom is -0.497 e. The van der Waals surface area contributed by atoms with Crippen LogP contribution in [0.4, 0.5) is 0 Å². The van der Waals surface area contributed by atoms with Crippen molar-refractivity contribution in [2.24, 2.45) is 5.73 Å². The number of hydrogen-bond donors (Lipinski definition) is 3. The zero-order valence-electron chi connectivity index (χ0n) is 13.5.